The average molecular weight is 361 g/mol. The Hall–Kier alpha value is -1.89. The van der Waals surface area contributed by atoms with E-state index in [4.69, 9.17) is 10.5 Å². The first-order valence-electron chi connectivity index (χ1n) is 9.79. The summed E-state index contributed by atoms with van der Waals surface area (Å²) in [5.74, 6) is 0.621. The number of amides is 1. The van der Waals surface area contributed by atoms with E-state index in [1.165, 1.54) is 12.8 Å². The van der Waals surface area contributed by atoms with Gasteiger partial charge in [-0.3, -0.25) is 4.79 Å². The zero-order chi connectivity index (χ0) is 18.6. The molecule has 0 bridgehead atoms. The van der Waals surface area contributed by atoms with Crippen molar-refractivity contribution in [3.63, 3.8) is 0 Å². The number of carbonyl (C=O) groups excluding carboxylic acids is 1. The highest BCUT2D eigenvalue weighted by Crippen LogP contribution is 2.36. The molecule has 0 atom stereocenters. The molecule has 2 aliphatic carbocycles. The van der Waals surface area contributed by atoms with E-state index in [-0.39, 0.29) is 5.54 Å². The number of hydrogen-bond acceptors (Lipinski definition) is 6. The Morgan fingerprint density at radius 2 is 2.00 bits per heavy atom. The van der Waals surface area contributed by atoms with Crippen LogP contribution in [0.4, 0.5) is 11.8 Å². The monoisotopic (exact) mass is 361 g/mol. The molecular weight excluding hydrogens is 330 g/mol. The number of anilines is 2. The van der Waals surface area contributed by atoms with Crippen LogP contribution >= 0.6 is 0 Å². The molecular formula is C19H31N5O2. The summed E-state index contributed by atoms with van der Waals surface area (Å²) in [5, 5.41) is 6.95. The topological polar surface area (TPSA) is 102 Å². The molecule has 1 amide bonds. The lowest BCUT2D eigenvalue weighted by atomic mass is 9.93. The Morgan fingerprint density at radius 3 is 2.58 bits per heavy atom. The lowest BCUT2D eigenvalue weighted by Crippen LogP contribution is -2.36. The number of nitrogens with two attached hydrogens (primary N) is 1. The van der Waals surface area contributed by atoms with Gasteiger partial charge in [0.1, 0.15) is 5.82 Å². The smallest absolute Gasteiger partial charge is 0.254 e. The number of aromatic nitrogens is 2. The maximum Gasteiger partial charge on any atom is 0.254 e. The van der Waals surface area contributed by atoms with Crippen molar-refractivity contribution in [2.75, 3.05) is 17.7 Å². The minimum atomic E-state index is -0.496. The number of hydrogen-bond donors (Lipinski definition) is 3. The summed E-state index contributed by atoms with van der Waals surface area (Å²) in [4.78, 5) is 20.8. The molecule has 0 unspecified atom stereocenters. The van der Waals surface area contributed by atoms with Gasteiger partial charge in [-0.15, -0.1) is 0 Å². The number of ether oxygens (including phenoxy) is 1. The van der Waals surface area contributed by atoms with Gasteiger partial charge in [-0.05, 0) is 44.9 Å². The predicted molar refractivity (Wildman–Crippen MR) is 102 cm³/mol. The molecule has 3 rings (SSSR count). The first-order chi connectivity index (χ1) is 12.5. The highest BCUT2D eigenvalue weighted by atomic mass is 16.5. The number of primary amides is 1. The van der Waals surface area contributed by atoms with Crippen LogP contribution in [0.25, 0.3) is 0 Å². The number of methoxy groups -OCH3 is 1. The number of carbonyl (C=O) groups is 1. The zero-order valence-corrected chi connectivity index (χ0v) is 15.9. The molecule has 2 fully saturated rings. The highest BCUT2D eigenvalue weighted by molar-refractivity contribution is 5.97. The van der Waals surface area contributed by atoms with Gasteiger partial charge in [-0.2, -0.15) is 4.98 Å². The number of nitrogens with one attached hydrogen (secondary N) is 2. The zero-order valence-electron chi connectivity index (χ0n) is 15.9. The van der Waals surface area contributed by atoms with Gasteiger partial charge < -0.3 is 21.1 Å². The van der Waals surface area contributed by atoms with Crippen molar-refractivity contribution in [2.45, 2.75) is 82.4 Å². The summed E-state index contributed by atoms with van der Waals surface area (Å²) < 4.78 is 5.43. The quantitative estimate of drug-likeness (QED) is 0.690. The van der Waals surface area contributed by atoms with E-state index in [1.54, 1.807) is 13.3 Å². The van der Waals surface area contributed by atoms with E-state index >= 15 is 0 Å². The van der Waals surface area contributed by atoms with Gasteiger partial charge in [0.15, 0.2) is 0 Å². The molecule has 0 saturated heterocycles. The minimum absolute atomic E-state index is 0.00630. The molecule has 7 heteroatoms. The first-order valence-corrected chi connectivity index (χ1v) is 9.79. The van der Waals surface area contributed by atoms with Gasteiger partial charge in [0.05, 0.1) is 11.7 Å². The molecule has 144 valence electrons. The van der Waals surface area contributed by atoms with Crippen LogP contribution in [0.15, 0.2) is 6.20 Å². The van der Waals surface area contributed by atoms with Gasteiger partial charge in [0, 0.05) is 24.9 Å². The molecule has 0 spiro atoms. The molecule has 1 aromatic heterocycles. The second kappa shape index (κ2) is 8.20. The maximum absolute atomic E-state index is 11.8. The van der Waals surface area contributed by atoms with Crippen LogP contribution in [0.1, 0.15) is 75.1 Å². The molecule has 2 saturated carbocycles. The van der Waals surface area contributed by atoms with Crippen molar-refractivity contribution in [2.24, 2.45) is 5.73 Å². The van der Waals surface area contributed by atoms with Crippen molar-refractivity contribution in [3.8, 4) is 0 Å². The second-order valence-corrected chi connectivity index (χ2v) is 7.64. The van der Waals surface area contributed by atoms with E-state index < -0.39 is 5.91 Å². The van der Waals surface area contributed by atoms with Crippen molar-refractivity contribution in [1.82, 2.24) is 9.97 Å². The predicted octanol–water partition coefficient (Wildman–Crippen LogP) is 3.08. The Morgan fingerprint density at radius 1 is 1.31 bits per heavy atom. The van der Waals surface area contributed by atoms with Crippen LogP contribution in [0.3, 0.4) is 0 Å². The summed E-state index contributed by atoms with van der Waals surface area (Å²) in [6.07, 6.45) is 11.6. The van der Waals surface area contributed by atoms with Gasteiger partial charge in [0.25, 0.3) is 5.91 Å². The molecule has 0 aliphatic heterocycles. The Kier molecular flexibility index (Phi) is 5.96. The summed E-state index contributed by atoms with van der Waals surface area (Å²) in [6, 6.07) is 0.334. The Bertz CT molecular complexity index is 622. The van der Waals surface area contributed by atoms with Gasteiger partial charge >= 0.3 is 0 Å². The van der Waals surface area contributed by atoms with E-state index in [0.717, 1.165) is 44.9 Å². The largest absolute Gasteiger partial charge is 0.381 e. The first kappa shape index (κ1) is 18.9. The molecule has 0 aromatic carbocycles. The van der Waals surface area contributed by atoms with E-state index in [2.05, 4.69) is 27.5 Å². The highest BCUT2D eigenvalue weighted by Gasteiger charge is 2.33. The van der Waals surface area contributed by atoms with Crippen molar-refractivity contribution >= 4 is 17.7 Å². The molecule has 7 nitrogen and oxygen atoms in total. The van der Waals surface area contributed by atoms with Crippen LogP contribution in [-0.4, -0.2) is 40.7 Å². The molecule has 4 N–H and O–H groups in total. The Balaban J connectivity index is 1.75. The summed E-state index contributed by atoms with van der Waals surface area (Å²) in [7, 11) is 1.77. The Labute approximate surface area is 155 Å². The molecule has 1 heterocycles. The van der Waals surface area contributed by atoms with E-state index in [9.17, 15) is 4.79 Å². The van der Waals surface area contributed by atoms with Crippen LogP contribution in [0.2, 0.25) is 0 Å². The molecule has 0 radical (unpaired) electrons. The summed E-state index contributed by atoms with van der Waals surface area (Å²) in [5.41, 5.74) is 5.91. The van der Waals surface area contributed by atoms with Crippen molar-refractivity contribution in [3.05, 3.63) is 11.8 Å². The maximum atomic E-state index is 11.8. The van der Waals surface area contributed by atoms with Crippen LogP contribution < -0.4 is 16.4 Å². The normalized spacial score (nSPS) is 25.0. The van der Waals surface area contributed by atoms with E-state index in [0.29, 0.717) is 29.5 Å². The number of nitrogens with zero attached hydrogens (tertiary/aromatic N) is 2. The van der Waals surface area contributed by atoms with Gasteiger partial charge in [0.2, 0.25) is 5.95 Å². The fraction of sp³-hybridized carbons (Fsp3) is 0.737. The summed E-state index contributed by atoms with van der Waals surface area (Å²) in [6.45, 7) is 2.18. The minimum Gasteiger partial charge on any atom is -0.381 e. The van der Waals surface area contributed by atoms with Gasteiger partial charge in [-0.25, -0.2) is 4.98 Å². The van der Waals surface area contributed by atoms with Crippen molar-refractivity contribution in [1.29, 1.82) is 0 Å². The second-order valence-electron chi connectivity index (χ2n) is 7.64. The number of rotatable bonds is 7. The summed E-state index contributed by atoms with van der Waals surface area (Å²) >= 11 is 0. The third-order valence-corrected chi connectivity index (χ3v) is 6.02. The standard InChI is InChI=1S/C19H31N5O2/c1-3-19(10-4-5-11-19)24-17-15(16(20)25)12-21-18(23-17)22-13-6-8-14(26-2)9-7-13/h12-14H,3-11H2,1-2H3,(H2,20,25)(H2,21,22,23,24). The van der Waals surface area contributed by atoms with Crippen LogP contribution in [0.5, 0.6) is 0 Å². The molecule has 26 heavy (non-hydrogen) atoms. The van der Waals surface area contributed by atoms with Crippen LogP contribution in [0, 0.1) is 0 Å². The lowest BCUT2D eigenvalue weighted by Gasteiger charge is -2.31. The van der Waals surface area contributed by atoms with Gasteiger partial charge in [-0.1, -0.05) is 19.8 Å². The molecule has 2 aliphatic rings. The third-order valence-electron chi connectivity index (χ3n) is 6.02. The third kappa shape index (κ3) is 4.26. The molecule has 1 aromatic rings. The average Bonchev–Trinajstić information content (AvgIpc) is 3.11. The van der Waals surface area contributed by atoms with E-state index in [1.807, 2.05) is 0 Å². The fourth-order valence-corrected chi connectivity index (χ4v) is 4.22. The lowest BCUT2D eigenvalue weighted by molar-refractivity contribution is 0.0681. The SMILES string of the molecule is CCC1(Nc2nc(NC3CCC(OC)CC3)ncc2C(N)=O)CCCC1. The van der Waals surface area contributed by atoms with Crippen molar-refractivity contribution < 1.29 is 9.53 Å². The fourth-order valence-electron chi connectivity index (χ4n) is 4.22. The van der Waals surface area contributed by atoms with Crippen LogP contribution in [-0.2, 0) is 4.74 Å².